The molecule has 0 aliphatic rings. The van der Waals surface area contributed by atoms with E-state index in [1.54, 1.807) is 30.3 Å². The Balaban J connectivity index is 1.75. The second-order valence-corrected chi connectivity index (χ2v) is 5.95. The van der Waals surface area contributed by atoms with Crippen LogP contribution in [0.3, 0.4) is 0 Å². The summed E-state index contributed by atoms with van der Waals surface area (Å²) < 4.78 is 6.00. The number of fused-ring (bicyclic) bond motifs is 1. The lowest BCUT2D eigenvalue weighted by Gasteiger charge is -2.07. The van der Waals surface area contributed by atoms with Gasteiger partial charge in [-0.25, -0.2) is 4.79 Å². The van der Waals surface area contributed by atoms with Gasteiger partial charge in [0.15, 0.2) is 12.4 Å². The maximum absolute atomic E-state index is 12.3. The van der Waals surface area contributed by atoms with E-state index in [9.17, 15) is 9.59 Å². The van der Waals surface area contributed by atoms with Crippen molar-refractivity contribution < 1.29 is 14.3 Å². The molecule has 0 saturated carbocycles. The summed E-state index contributed by atoms with van der Waals surface area (Å²) >= 11 is 3.31. The molecule has 0 amide bonds. The number of benzene rings is 3. The molecule has 0 spiro atoms. The third kappa shape index (κ3) is 3.48. The first kappa shape index (κ1) is 15.4. The minimum Gasteiger partial charge on any atom is -0.454 e. The van der Waals surface area contributed by atoms with Crippen molar-refractivity contribution in [2.75, 3.05) is 6.61 Å². The molecule has 0 heterocycles. The van der Waals surface area contributed by atoms with Crippen LogP contribution in [0.15, 0.2) is 71.2 Å². The third-order valence-corrected chi connectivity index (χ3v) is 3.98. The average Bonchev–Trinajstić information content (AvgIpc) is 2.59. The Morgan fingerprint density at radius 3 is 2.48 bits per heavy atom. The molecular weight excluding hydrogens is 356 g/mol. The largest absolute Gasteiger partial charge is 0.454 e. The van der Waals surface area contributed by atoms with Crippen LogP contribution >= 0.6 is 15.9 Å². The van der Waals surface area contributed by atoms with Gasteiger partial charge in [0.05, 0.1) is 5.56 Å². The van der Waals surface area contributed by atoms with Gasteiger partial charge in [0, 0.05) is 10.0 Å². The van der Waals surface area contributed by atoms with E-state index in [1.807, 2.05) is 36.4 Å². The van der Waals surface area contributed by atoms with Gasteiger partial charge in [0.2, 0.25) is 0 Å². The van der Waals surface area contributed by atoms with Crippen LogP contribution in [0, 0.1) is 0 Å². The summed E-state index contributed by atoms with van der Waals surface area (Å²) in [5.41, 5.74) is 0.968. The predicted molar refractivity (Wildman–Crippen MR) is 92.7 cm³/mol. The van der Waals surface area contributed by atoms with Crippen molar-refractivity contribution in [3.8, 4) is 0 Å². The van der Waals surface area contributed by atoms with Gasteiger partial charge in [0.25, 0.3) is 0 Å². The van der Waals surface area contributed by atoms with Crippen LogP contribution in [0.5, 0.6) is 0 Å². The molecule has 4 heteroatoms. The molecule has 0 aliphatic heterocycles. The van der Waals surface area contributed by atoms with Crippen LogP contribution in [0.25, 0.3) is 10.8 Å². The first-order chi connectivity index (χ1) is 11.1. The Morgan fingerprint density at radius 1 is 0.913 bits per heavy atom. The van der Waals surface area contributed by atoms with Crippen LogP contribution in [-0.2, 0) is 4.74 Å². The van der Waals surface area contributed by atoms with E-state index in [4.69, 9.17) is 4.74 Å². The molecule has 0 aliphatic carbocycles. The second-order valence-electron chi connectivity index (χ2n) is 5.04. The van der Waals surface area contributed by atoms with Gasteiger partial charge in [-0.2, -0.15) is 0 Å². The summed E-state index contributed by atoms with van der Waals surface area (Å²) in [4.78, 5) is 24.4. The standard InChI is InChI=1S/C19H13BrO3/c20-15-8-3-7-14(11-15)18(21)12-23-19(22)17-10-4-6-13-5-1-2-9-16(13)17/h1-11H,12H2. The Hall–Kier alpha value is -2.46. The van der Waals surface area contributed by atoms with Crippen molar-refractivity contribution >= 4 is 38.5 Å². The maximum Gasteiger partial charge on any atom is 0.339 e. The Kier molecular flexibility index (Phi) is 4.53. The fourth-order valence-corrected chi connectivity index (χ4v) is 2.76. The highest BCUT2D eigenvalue weighted by Gasteiger charge is 2.14. The van der Waals surface area contributed by atoms with E-state index < -0.39 is 5.97 Å². The molecule has 3 nitrogen and oxygen atoms in total. The average molecular weight is 369 g/mol. The molecule has 23 heavy (non-hydrogen) atoms. The molecule has 3 rings (SSSR count). The number of esters is 1. The number of ketones is 1. The van der Waals surface area contributed by atoms with Gasteiger partial charge in [0.1, 0.15) is 0 Å². The molecule has 0 N–H and O–H groups in total. The number of carbonyl (C=O) groups excluding carboxylic acids is 2. The summed E-state index contributed by atoms with van der Waals surface area (Å²) in [6, 6.07) is 20.0. The lowest BCUT2D eigenvalue weighted by molar-refractivity contribution is 0.0476. The highest BCUT2D eigenvalue weighted by molar-refractivity contribution is 9.10. The third-order valence-electron chi connectivity index (χ3n) is 3.49. The van der Waals surface area contributed by atoms with Gasteiger partial charge in [-0.15, -0.1) is 0 Å². The number of hydrogen-bond donors (Lipinski definition) is 0. The van der Waals surface area contributed by atoms with Crippen molar-refractivity contribution in [3.05, 3.63) is 82.3 Å². The fourth-order valence-electron chi connectivity index (χ4n) is 2.36. The molecular formula is C19H13BrO3. The van der Waals surface area contributed by atoms with E-state index in [-0.39, 0.29) is 12.4 Å². The Labute approximate surface area is 142 Å². The van der Waals surface area contributed by atoms with Crippen molar-refractivity contribution in [1.82, 2.24) is 0 Å². The summed E-state index contributed by atoms with van der Waals surface area (Å²) in [5.74, 6) is -0.731. The van der Waals surface area contributed by atoms with Crippen LogP contribution < -0.4 is 0 Å². The lowest BCUT2D eigenvalue weighted by Crippen LogP contribution is -2.14. The smallest absolute Gasteiger partial charge is 0.339 e. The normalized spacial score (nSPS) is 10.5. The summed E-state index contributed by atoms with van der Waals surface area (Å²) in [6.07, 6.45) is 0. The topological polar surface area (TPSA) is 43.4 Å². The Morgan fingerprint density at radius 2 is 1.65 bits per heavy atom. The molecule has 0 aromatic heterocycles. The van der Waals surface area contributed by atoms with Gasteiger partial charge < -0.3 is 4.74 Å². The Bertz CT molecular complexity index is 881. The van der Waals surface area contributed by atoms with E-state index in [2.05, 4.69) is 15.9 Å². The zero-order chi connectivity index (χ0) is 16.2. The van der Waals surface area contributed by atoms with E-state index in [0.29, 0.717) is 11.1 Å². The minimum absolute atomic E-state index is 0.236. The molecule has 0 unspecified atom stereocenters. The number of hydrogen-bond acceptors (Lipinski definition) is 3. The monoisotopic (exact) mass is 368 g/mol. The summed E-state index contributed by atoms with van der Waals surface area (Å²) in [5, 5.41) is 1.77. The van der Waals surface area contributed by atoms with Crippen LogP contribution in [0.2, 0.25) is 0 Å². The van der Waals surface area contributed by atoms with Crippen LogP contribution in [0.1, 0.15) is 20.7 Å². The zero-order valence-corrected chi connectivity index (χ0v) is 13.7. The van der Waals surface area contributed by atoms with Gasteiger partial charge in [-0.05, 0) is 29.0 Å². The molecule has 114 valence electrons. The highest BCUT2D eigenvalue weighted by Crippen LogP contribution is 2.19. The number of halogens is 1. The van der Waals surface area contributed by atoms with Crippen molar-refractivity contribution in [2.45, 2.75) is 0 Å². The van der Waals surface area contributed by atoms with E-state index in [1.165, 1.54) is 0 Å². The zero-order valence-electron chi connectivity index (χ0n) is 12.2. The first-order valence-electron chi connectivity index (χ1n) is 7.09. The van der Waals surface area contributed by atoms with Crippen molar-refractivity contribution in [2.24, 2.45) is 0 Å². The number of rotatable bonds is 4. The highest BCUT2D eigenvalue weighted by atomic mass is 79.9. The molecule has 0 atom stereocenters. The predicted octanol–water partition coefficient (Wildman–Crippen LogP) is 4.64. The maximum atomic E-state index is 12.3. The number of Topliss-reactive ketones (excluding diaryl/α,β-unsaturated/α-hetero) is 1. The van der Waals surface area contributed by atoms with Gasteiger partial charge in [-0.1, -0.05) is 64.5 Å². The number of carbonyl (C=O) groups is 2. The van der Waals surface area contributed by atoms with Crippen molar-refractivity contribution in [3.63, 3.8) is 0 Å². The molecule has 0 saturated heterocycles. The fraction of sp³-hybridized carbons (Fsp3) is 0.0526. The first-order valence-corrected chi connectivity index (χ1v) is 7.88. The second kappa shape index (κ2) is 6.75. The molecule has 0 fully saturated rings. The van der Waals surface area contributed by atoms with Crippen LogP contribution in [-0.4, -0.2) is 18.4 Å². The molecule has 3 aromatic carbocycles. The molecule has 0 bridgehead atoms. The van der Waals surface area contributed by atoms with Crippen LogP contribution in [0.4, 0.5) is 0 Å². The SMILES string of the molecule is O=C(COC(=O)c1cccc2ccccc12)c1cccc(Br)c1. The number of ether oxygens (including phenoxy) is 1. The summed E-state index contributed by atoms with van der Waals surface area (Å²) in [6.45, 7) is -0.279. The van der Waals surface area contributed by atoms with Crippen molar-refractivity contribution in [1.29, 1.82) is 0 Å². The van der Waals surface area contributed by atoms with E-state index in [0.717, 1.165) is 15.2 Å². The minimum atomic E-state index is -0.495. The quantitative estimate of drug-likeness (QED) is 0.497. The molecule has 0 radical (unpaired) electrons. The lowest BCUT2D eigenvalue weighted by atomic mass is 10.0. The van der Waals surface area contributed by atoms with E-state index >= 15 is 0 Å². The van der Waals surface area contributed by atoms with Gasteiger partial charge >= 0.3 is 5.97 Å². The molecule has 3 aromatic rings. The summed E-state index contributed by atoms with van der Waals surface area (Å²) in [7, 11) is 0. The van der Waals surface area contributed by atoms with Gasteiger partial charge in [-0.3, -0.25) is 4.79 Å².